The van der Waals surface area contributed by atoms with E-state index in [1.807, 2.05) is 0 Å². The fourth-order valence-corrected chi connectivity index (χ4v) is 3.72. The van der Waals surface area contributed by atoms with E-state index in [1.54, 1.807) is 0 Å². The van der Waals surface area contributed by atoms with Crippen LogP contribution in [0, 0.1) is 5.41 Å². The van der Waals surface area contributed by atoms with Gasteiger partial charge in [0.2, 0.25) is 0 Å². The van der Waals surface area contributed by atoms with Gasteiger partial charge in [-0.1, -0.05) is 0 Å². The zero-order valence-corrected chi connectivity index (χ0v) is 9.51. The number of hydrogen-bond donors (Lipinski definition) is 6. The van der Waals surface area contributed by atoms with Crippen molar-refractivity contribution in [1.82, 2.24) is 0 Å². The van der Waals surface area contributed by atoms with Crippen LogP contribution in [0.1, 0.15) is 0 Å². The number of aliphatic hydroxyl groups is 2. The first-order valence-corrected chi connectivity index (χ1v) is 7.44. The Hall–Kier alpha value is 0.220. The van der Waals surface area contributed by atoms with Crippen molar-refractivity contribution in [3.63, 3.8) is 0 Å². The van der Waals surface area contributed by atoms with Crippen LogP contribution in [0.25, 0.3) is 0 Å². The van der Waals surface area contributed by atoms with E-state index in [9.17, 15) is 9.13 Å². The lowest BCUT2D eigenvalue weighted by Gasteiger charge is -2.29. The average Bonchev–Trinajstić information content (AvgIpc) is 1.98. The Bertz CT molecular complexity index is 259. The molecule has 15 heavy (non-hydrogen) atoms. The number of aliphatic hydroxyl groups excluding tert-OH is 2. The zero-order chi connectivity index (χ0) is 12.3. The van der Waals surface area contributed by atoms with Crippen LogP contribution in [0.2, 0.25) is 0 Å². The molecule has 0 saturated heterocycles. The van der Waals surface area contributed by atoms with Crippen LogP contribution in [-0.2, 0) is 9.13 Å². The molecule has 0 aromatic rings. The van der Waals surface area contributed by atoms with Gasteiger partial charge >= 0.3 is 15.2 Å². The van der Waals surface area contributed by atoms with Crippen molar-refractivity contribution in [2.45, 2.75) is 0 Å². The van der Waals surface area contributed by atoms with E-state index in [4.69, 9.17) is 29.8 Å². The van der Waals surface area contributed by atoms with Gasteiger partial charge in [-0.2, -0.15) is 0 Å². The van der Waals surface area contributed by atoms with Gasteiger partial charge in [-0.15, -0.1) is 0 Å². The Morgan fingerprint density at radius 2 is 1.07 bits per heavy atom. The lowest BCUT2D eigenvalue weighted by molar-refractivity contribution is 0.0817. The summed E-state index contributed by atoms with van der Waals surface area (Å²) in [6.45, 7) is -1.83. The molecule has 0 atom stereocenters. The number of hydrogen-bond acceptors (Lipinski definition) is 4. The van der Waals surface area contributed by atoms with E-state index in [0.29, 0.717) is 0 Å². The van der Waals surface area contributed by atoms with Gasteiger partial charge in [-0.05, 0) is 0 Å². The summed E-state index contributed by atoms with van der Waals surface area (Å²) in [4.78, 5) is 34.6. The highest BCUT2D eigenvalue weighted by molar-refractivity contribution is 7.53. The highest BCUT2D eigenvalue weighted by Gasteiger charge is 2.41. The Balaban J connectivity index is 4.90. The van der Waals surface area contributed by atoms with Crippen molar-refractivity contribution in [2.75, 3.05) is 25.5 Å². The van der Waals surface area contributed by atoms with E-state index in [0.717, 1.165) is 0 Å². The molecular weight excluding hydrogens is 250 g/mol. The maximum Gasteiger partial charge on any atom is 0.326 e. The largest absolute Gasteiger partial charge is 0.396 e. The third-order valence-electron chi connectivity index (χ3n) is 1.75. The molecule has 0 aliphatic carbocycles. The molecule has 6 N–H and O–H groups in total. The standard InChI is InChI=1S/C5H14O8P2/c6-1-5(2-7,3-14(8,9)10)4-15(11,12)13/h6-7H,1-4H2,(H2,8,9,10)(H2,11,12,13). The van der Waals surface area contributed by atoms with E-state index in [2.05, 4.69) is 0 Å². The second-order valence-corrected chi connectivity index (χ2v) is 6.75. The summed E-state index contributed by atoms with van der Waals surface area (Å²) in [5.74, 6) is 0. The normalized spacial score (nSPS) is 14.3. The molecule has 0 bridgehead atoms. The molecule has 0 spiro atoms. The fraction of sp³-hybridized carbons (Fsp3) is 1.00. The van der Waals surface area contributed by atoms with E-state index >= 15 is 0 Å². The smallest absolute Gasteiger partial charge is 0.326 e. The van der Waals surface area contributed by atoms with Crippen molar-refractivity contribution in [1.29, 1.82) is 0 Å². The average molecular weight is 264 g/mol. The molecule has 0 saturated carbocycles. The molecule has 10 heteroatoms. The van der Waals surface area contributed by atoms with Crippen molar-refractivity contribution in [3.05, 3.63) is 0 Å². The Kier molecular flexibility index (Phi) is 5.11. The first-order chi connectivity index (χ1) is 6.54. The quantitative estimate of drug-likeness (QED) is 0.310. The maximum atomic E-state index is 10.7. The van der Waals surface area contributed by atoms with Gasteiger partial charge in [0.25, 0.3) is 0 Å². The summed E-state index contributed by atoms with van der Waals surface area (Å²) in [7, 11) is -9.14. The van der Waals surface area contributed by atoms with Crippen LogP contribution in [0.5, 0.6) is 0 Å². The first-order valence-electron chi connectivity index (χ1n) is 3.84. The van der Waals surface area contributed by atoms with Crippen LogP contribution in [0.15, 0.2) is 0 Å². The predicted octanol–water partition coefficient (Wildman–Crippen LogP) is -1.69. The number of rotatable bonds is 6. The van der Waals surface area contributed by atoms with Crippen LogP contribution >= 0.6 is 15.2 Å². The van der Waals surface area contributed by atoms with Gasteiger partial charge in [0, 0.05) is 5.41 Å². The second kappa shape index (κ2) is 5.03. The van der Waals surface area contributed by atoms with E-state index in [-0.39, 0.29) is 0 Å². The van der Waals surface area contributed by atoms with Gasteiger partial charge in [0.05, 0.1) is 25.5 Å². The van der Waals surface area contributed by atoms with Crippen LogP contribution in [-0.4, -0.2) is 55.3 Å². The summed E-state index contributed by atoms with van der Waals surface area (Å²) in [5.41, 5.74) is -1.86. The molecule has 0 aliphatic heterocycles. The van der Waals surface area contributed by atoms with Gasteiger partial charge in [-0.25, -0.2) is 0 Å². The van der Waals surface area contributed by atoms with Crippen molar-refractivity contribution < 1.29 is 38.9 Å². The predicted molar refractivity (Wildman–Crippen MR) is 50.4 cm³/mol. The molecule has 92 valence electrons. The summed E-state index contributed by atoms with van der Waals surface area (Å²) >= 11 is 0. The molecule has 0 fully saturated rings. The molecule has 0 unspecified atom stereocenters. The van der Waals surface area contributed by atoms with Crippen molar-refractivity contribution in [2.24, 2.45) is 5.41 Å². The van der Waals surface area contributed by atoms with E-state index in [1.165, 1.54) is 0 Å². The minimum absolute atomic E-state index is 0.917. The molecule has 0 heterocycles. The van der Waals surface area contributed by atoms with Gasteiger partial charge in [0.1, 0.15) is 0 Å². The third kappa shape index (κ3) is 6.40. The molecule has 0 aromatic heterocycles. The molecule has 8 nitrogen and oxygen atoms in total. The van der Waals surface area contributed by atoms with Crippen molar-refractivity contribution >= 4 is 15.2 Å². The maximum absolute atomic E-state index is 10.7. The SMILES string of the molecule is O=P(O)(O)CC(CO)(CO)CP(=O)(O)O. The Labute approximate surface area is 85.9 Å². The Morgan fingerprint density at radius 1 is 0.800 bits per heavy atom. The third-order valence-corrected chi connectivity index (χ3v) is 3.92. The van der Waals surface area contributed by atoms with Crippen LogP contribution < -0.4 is 0 Å². The molecule has 0 aliphatic rings. The summed E-state index contributed by atoms with van der Waals surface area (Å²) in [5, 5.41) is 17.7. The molecule has 0 radical (unpaired) electrons. The lowest BCUT2D eigenvalue weighted by Crippen LogP contribution is -2.37. The Morgan fingerprint density at radius 3 is 1.20 bits per heavy atom. The second-order valence-electron chi connectivity index (χ2n) is 3.46. The summed E-state index contributed by atoms with van der Waals surface area (Å²) in [6.07, 6.45) is -1.95. The summed E-state index contributed by atoms with van der Waals surface area (Å²) < 4.78 is 21.3. The first kappa shape index (κ1) is 15.2. The van der Waals surface area contributed by atoms with E-state index < -0.39 is 46.1 Å². The minimum atomic E-state index is -4.57. The molecular formula is C5H14O8P2. The summed E-state index contributed by atoms with van der Waals surface area (Å²) in [6, 6.07) is 0. The highest BCUT2D eigenvalue weighted by Crippen LogP contribution is 2.48. The topological polar surface area (TPSA) is 156 Å². The fourth-order valence-electron chi connectivity index (χ4n) is 1.17. The van der Waals surface area contributed by atoms with Crippen LogP contribution in [0.4, 0.5) is 0 Å². The molecule has 0 amide bonds. The molecule has 0 rings (SSSR count). The van der Waals surface area contributed by atoms with Gasteiger partial charge < -0.3 is 29.8 Å². The van der Waals surface area contributed by atoms with Crippen molar-refractivity contribution in [3.8, 4) is 0 Å². The van der Waals surface area contributed by atoms with Crippen LogP contribution in [0.3, 0.4) is 0 Å². The zero-order valence-electron chi connectivity index (χ0n) is 7.72. The lowest BCUT2D eigenvalue weighted by atomic mass is 9.96. The van der Waals surface area contributed by atoms with Gasteiger partial charge in [-0.3, -0.25) is 9.13 Å². The molecule has 0 aromatic carbocycles. The highest BCUT2D eigenvalue weighted by atomic mass is 31.2. The monoisotopic (exact) mass is 264 g/mol. The minimum Gasteiger partial charge on any atom is -0.396 e. The van der Waals surface area contributed by atoms with Gasteiger partial charge in [0.15, 0.2) is 0 Å².